The molecular formula is C16H16N4O5. The Labute approximate surface area is 142 Å². The summed E-state index contributed by atoms with van der Waals surface area (Å²) < 4.78 is 1.45. The third-order valence-electron chi connectivity index (χ3n) is 4.21. The molecule has 0 bridgehead atoms. The lowest BCUT2D eigenvalue weighted by molar-refractivity contribution is -0.384. The van der Waals surface area contributed by atoms with Gasteiger partial charge in [-0.3, -0.25) is 19.7 Å². The van der Waals surface area contributed by atoms with Crippen molar-refractivity contribution in [1.82, 2.24) is 14.7 Å². The summed E-state index contributed by atoms with van der Waals surface area (Å²) in [6, 6.07) is 5.81. The zero-order valence-electron chi connectivity index (χ0n) is 13.2. The molecule has 1 aliphatic rings. The van der Waals surface area contributed by atoms with Crippen LogP contribution in [0.1, 0.15) is 23.2 Å². The van der Waals surface area contributed by atoms with Crippen molar-refractivity contribution in [2.75, 3.05) is 13.1 Å². The molecule has 0 saturated carbocycles. The van der Waals surface area contributed by atoms with E-state index in [4.69, 9.17) is 5.11 Å². The lowest BCUT2D eigenvalue weighted by Crippen LogP contribution is -2.42. The van der Waals surface area contributed by atoms with Crippen molar-refractivity contribution in [3.05, 3.63) is 52.3 Å². The lowest BCUT2D eigenvalue weighted by atomic mass is 9.98. The van der Waals surface area contributed by atoms with Gasteiger partial charge in [-0.2, -0.15) is 5.10 Å². The predicted molar refractivity (Wildman–Crippen MR) is 86.5 cm³/mol. The van der Waals surface area contributed by atoms with Crippen LogP contribution in [-0.2, 0) is 4.79 Å². The summed E-state index contributed by atoms with van der Waals surface area (Å²) in [5.74, 6) is -1.69. The number of carbonyl (C=O) groups excluding carboxylic acids is 1. The van der Waals surface area contributed by atoms with Crippen molar-refractivity contribution in [3.8, 4) is 5.69 Å². The highest BCUT2D eigenvalue weighted by Gasteiger charge is 2.29. The molecule has 1 atom stereocenters. The van der Waals surface area contributed by atoms with E-state index in [2.05, 4.69) is 5.10 Å². The van der Waals surface area contributed by atoms with Crippen LogP contribution in [0.25, 0.3) is 5.69 Å². The number of rotatable bonds is 4. The van der Waals surface area contributed by atoms with Crippen molar-refractivity contribution in [1.29, 1.82) is 0 Å². The Kier molecular flexibility index (Phi) is 4.46. The molecule has 1 aliphatic heterocycles. The molecule has 9 nitrogen and oxygen atoms in total. The van der Waals surface area contributed by atoms with Gasteiger partial charge in [0.2, 0.25) is 0 Å². The highest BCUT2D eigenvalue weighted by atomic mass is 16.6. The van der Waals surface area contributed by atoms with Crippen molar-refractivity contribution < 1.29 is 19.6 Å². The number of nitro groups is 1. The number of non-ortho nitro benzene ring substituents is 1. The van der Waals surface area contributed by atoms with E-state index in [0.717, 1.165) is 0 Å². The quantitative estimate of drug-likeness (QED) is 0.666. The number of hydrogen-bond donors (Lipinski definition) is 1. The third kappa shape index (κ3) is 3.49. The zero-order valence-corrected chi connectivity index (χ0v) is 13.2. The van der Waals surface area contributed by atoms with Gasteiger partial charge in [0, 0.05) is 31.4 Å². The normalized spacial score (nSPS) is 17.3. The summed E-state index contributed by atoms with van der Waals surface area (Å²) in [5.41, 5.74) is 0.913. The number of carbonyl (C=O) groups is 2. The zero-order chi connectivity index (χ0) is 18.0. The molecule has 2 heterocycles. The molecule has 1 saturated heterocycles. The van der Waals surface area contributed by atoms with Gasteiger partial charge in [-0.05, 0) is 25.0 Å². The Morgan fingerprint density at radius 3 is 2.64 bits per heavy atom. The second kappa shape index (κ2) is 6.71. The Balaban J connectivity index is 1.75. The number of likely N-dealkylation sites (tertiary alicyclic amines) is 1. The Bertz CT molecular complexity index is 814. The first-order valence-corrected chi connectivity index (χ1v) is 7.77. The smallest absolute Gasteiger partial charge is 0.308 e. The van der Waals surface area contributed by atoms with Crippen molar-refractivity contribution >= 4 is 17.6 Å². The molecule has 3 rings (SSSR count). The first kappa shape index (κ1) is 16.6. The molecule has 25 heavy (non-hydrogen) atoms. The minimum atomic E-state index is -0.890. The number of piperidine rings is 1. The molecule has 1 amide bonds. The SMILES string of the molecule is O=C(O)[C@H]1CCCN(C(=O)c2cnn(-c3ccc([N+](=O)[O-])cc3)c2)C1. The molecule has 2 aromatic rings. The van der Waals surface area contributed by atoms with Crippen molar-refractivity contribution in [2.24, 2.45) is 5.92 Å². The van der Waals surface area contributed by atoms with E-state index < -0.39 is 16.8 Å². The number of benzene rings is 1. The van der Waals surface area contributed by atoms with Crippen molar-refractivity contribution in [3.63, 3.8) is 0 Å². The van der Waals surface area contributed by atoms with Crippen LogP contribution in [0, 0.1) is 16.0 Å². The van der Waals surface area contributed by atoms with Gasteiger partial charge >= 0.3 is 5.97 Å². The second-order valence-corrected chi connectivity index (χ2v) is 5.88. The van der Waals surface area contributed by atoms with E-state index in [-0.39, 0.29) is 18.1 Å². The summed E-state index contributed by atoms with van der Waals surface area (Å²) in [4.78, 5) is 35.4. The fourth-order valence-electron chi connectivity index (χ4n) is 2.85. The topological polar surface area (TPSA) is 119 Å². The number of aromatic nitrogens is 2. The number of hydrogen-bond acceptors (Lipinski definition) is 5. The van der Waals surface area contributed by atoms with Crippen LogP contribution in [0.2, 0.25) is 0 Å². The Morgan fingerprint density at radius 1 is 1.28 bits per heavy atom. The van der Waals surface area contributed by atoms with E-state index in [0.29, 0.717) is 30.6 Å². The maximum absolute atomic E-state index is 12.5. The molecule has 1 aromatic heterocycles. The third-order valence-corrected chi connectivity index (χ3v) is 4.21. The van der Waals surface area contributed by atoms with E-state index in [9.17, 15) is 19.7 Å². The van der Waals surface area contributed by atoms with Crippen LogP contribution in [0.15, 0.2) is 36.7 Å². The Morgan fingerprint density at radius 2 is 2.00 bits per heavy atom. The van der Waals surface area contributed by atoms with Gasteiger partial charge in [0.05, 0.1) is 28.3 Å². The monoisotopic (exact) mass is 344 g/mol. The van der Waals surface area contributed by atoms with E-state index in [1.807, 2.05) is 0 Å². The lowest BCUT2D eigenvalue weighted by Gasteiger charge is -2.30. The average Bonchev–Trinajstić information content (AvgIpc) is 3.11. The van der Waals surface area contributed by atoms with Crippen LogP contribution in [0.4, 0.5) is 5.69 Å². The van der Waals surface area contributed by atoms with Gasteiger partial charge in [-0.1, -0.05) is 0 Å². The number of nitro benzene ring substituents is 1. The molecule has 1 aromatic carbocycles. The average molecular weight is 344 g/mol. The predicted octanol–water partition coefficient (Wildman–Crippen LogP) is 1.72. The molecule has 0 unspecified atom stereocenters. The summed E-state index contributed by atoms with van der Waals surface area (Å²) in [6.07, 6.45) is 4.17. The summed E-state index contributed by atoms with van der Waals surface area (Å²) in [5, 5.41) is 23.9. The van der Waals surface area contributed by atoms with Crippen LogP contribution in [0.5, 0.6) is 0 Å². The molecule has 9 heteroatoms. The standard InChI is InChI=1S/C16H16N4O5/c21-15(18-7-1-2-11(9-18)16(22)23)12-8-17-19(10-12)13-3-5-14(6-4-13)20(24)25/h3-6,8,10-11H,1-2,7,9H2,(H,22,23)/t11-/m0/s1. The molecule has 0 aliphatic carbocycles. The number of nitrogens with zero attached hydrogens (tertiary/aromatic N) is 4. The van der Waals surface area contributed by atoms with Crippen LogP contribution < -0.4 is 0 Å². The fraction of sp³-hybridized carbons (Fsp3) is 0.312. The van der Waals surface area contributed by atoms with Crippen LogP contribution in [0.3, 0.4) is 0 Å². The molecule has 1 fully saturated rings. The fourth-order valence-corrected chi connectivity index (χ4v) is 2.85. The summed E-state index contributed by atoms with van der Waals surface area (Å²) in [7, 11) is 0. The minimum Gasteiger partial charge on any atom is -0.481 e. The summed E-state index contributed by atoms with van der Waals surface area (Å²) in [6.45, 7) is 0.711. The highest BCUT2D eigenvalue weighted by Crippen LogP contribution is 2.20. The first-order valence-electron chi connectivity index (χ1n) is 7.77. The van der Waals surface area contributed by atoms with E-state index >= 15 is 0 Å². The van der Waals surface area contributed by atoms with E-state index in [1.165, 1.54) is 34.1 Å². The van der Waals surface area contributed by atoms with Gasteiger partial charge in [-0.25, -0.2) is 4.68 Å². The first-order chi connectivity index (χ1) is 12.0. The van der Waals surface area contributed by atoms with Crippen molar-refractivity contribution in [2.45, 2.75) is 12.8 Å². The largest absolute Gasteiger partial charge is 0.481 e. The summed E-state index contributed by atoms with van der Waals surface area (Å²) >= 11 is 0. The van der Waals surface area contributed by atoms with Crippen LogP contribution in [-0.4, -0.2) is 49.7 Å². The maximum atomic E-state index is 12.5. The second-order valence-electron chi connectivity index (χ2n) is 5.88. The molecular weight excluding hydrogens is 328 g/mol. The maximum Gasteiger partial charge on any atom is 0.308 e. The van der Waals surface area contributed by atoms with Gasteiger partial charge < -0.3 is 10.0 Å². The number of aliphatic carboxylic acids is 1. The highest BCUT2D eigenvalue weighted by molar-refractivity contribution is 5.94. The van der Waals surface area contributed by atoms with Gasteiger partial charge in [-0.15, -0.1) is 0 Å². The number of amides is 1. The van der Waals surface area contributed by atoms with Gasteiger partial charge in [0.15, 0.2) is 0 Å². The number of carboxylic acids is 1. The Hall–Kier alpha value is -3.23. The van der Waals surface area contributed by atoms with E-state index in [1.54, 1.807) is 12.1 Å². The molecule has 0 radical (unpaired) electrons. The minimum absolute atomic E-state index is 0.0276. The molecule has 130 valence electrons. The van der Waals surface area contributed by atoms with Gasteiger partial charge in [0.25, 0.3) is 11.6 Å². The molecule has 1 N–H and O–H groups in total. The molecule has 0 spiro atoms. The van der Waals surface area contributed by atoms with Crippen LogP contribution >= 0.6 is 0 Å². The van der Waals surface area contributed by atoms with Gasteiger partial charge in [0.1, 0.15) is 0 Å². The number of carboxylic acid groups (broad SMARTS) is 1.